The number of nitrogens with one attached hydrogen (secondary N) is 1. The smallest absolute Gasteiger partial charge is 0.326 e. The Morgan fingerprint density at radius 3 is 2.75 bits per heavy atom. The summed E-state index contributed by atoms with van der Waals surface area (Å²) < 4.78 is 1.64. The van der Waals surface area contributed by atoms with Crippen molar-refractivity contribution in [1.29, 1.82) is 0 Å². The van der Waals surface area contributed by atoms with Gasteiger partial charge in [-0.15, -0.1) is 15.3 Å². The number of carboxylic acids is 1. The number of hydrogen-bond donors (Lipinski definition) is 2. The van der Waals surface area contributed by atoms with Crippen LogP contribution in [0.3, 0.4) is 0 Å². The third-order valence-electron chi connectivity index (χ3n) is 2.97. The number of aliphatic carboxylic acids is 1. The molecule has 1 atom stereocenters. The fourth-order valence-corrected chi connectivity index (χ4v) is 2.00. The molecule has 0 saturated carbocycles. The van der Waals surface area contributed by atoms with Gasteiger partial charge in [-0.05, 0) is 24.5 Å². The van der Waals surface area contributed by atoms with E-state index >= 15 is 0 Å². The fraction of sp³-hybridized carbons (Fsp3) is 0.538. The van der Waals surface area contributed by atoms with E-state index in [0.29, 0.717) is 24.3 Å². The Morgan fingerprint density at radius 2 is 2.15 bits per heavy atom. The molecule has 0 radical (unpaired) electrons. The Morgan fingerprint density at radius 1 is 1.40 bits per heavy atom. The van der Waals surface area contributed by atoms with Crippen molar-refractivity contribution >= 4 is 17.4 Å². The van der Waals surface area contributed by atoms with Crippen molar-refractivity contribution in [3.8, 4) is 0 Å². The SMILES string of the molecule is CCc1nnc2ccc(NC(CC(C)C)C(=O)O)nn12. The summed E-state index contributed by atoms with van der Waals surface area (Å²) in [5.74, 6) is 0.674. The lowest BCUT2D eigenvalue weighted by molar-refractivity contribution is -0.138. The minimum absolute atomic E-state index is 0.286. The van der Waals surface area contributed by atoms with Gasteiger partial charge >= 0.3 is 5.97 Å². The molecule has 2 aromatic rings. The van der Waals surface area contributed by atoms with Crippen LogP contribution in [0.4, 0.5) is 5.82 Å². The topological polar surface area (TPSA) is 92.4 Å². The third-order valence-corrected chi connectivity index (χ3v) is 2.97. The fourth-order valence-electron chi connectivity index (χ4n) is 2.00. The monoisotopic (exact) mass is 277 g/mol. The van der Waals surface area contributed by atoms with Crippen LogP contribution in [0.25, 0.3) is 5.65 Å². The first-order valence-corrected chi connectivity index (χ1v) is 6.72. The van der Waals surface area contributed by atoms with Gasteiger partial charge in [0, 0.05) is 6.42 Å². The van der Waals surface area contributed by atoms with Crippen LogP contribution in [0, 0.1) is 5.92 Å². The molecule has 0 aromatic carbocycles. The average molecular weight is 277 g/mol. The lowest BCUT2D eigenvalue weighted by Gasteiger charge is -2.16. The van der Waals surface area contributed by atoms with Crippen LogP contribution in [-0.4, -0.2) is 36.9 Å². The van der Waals surface area contributed by atoms with Gasteiger partial charge in [-0.3, -0.25) is 0 Å². The maximum absolute atomic E-state index is 11.3. The van der Waals surface area contributed by atoms with Gasteiger partial charge in [0.15, 0.2) is 11.5 Å². The van der Waals surface area contributed by atoms with E-state index in [9.17, 15) is 9.90 Å². The molecule has 0 saturated heterocycles. The van der Waals surface area contributed by atoms with Crippen LogP contribution in [0.1, 0.15) is 33.0 Å². The Bertz CT molecular complexity index is 608. The number of nitrogens with zero attached hydrogens (tertiary/aromatic N) is 4. The van der Waals surface area contributed by atoms with E-state index < -0.39 is 12.0 Å². The van der Waals surface area contributed by atoms with E-state index in [1.807, 2.05) is 20.8 Å². The minimum Gasteiger partial charge on any atom is -0.480 e. The van der Waals surface area contributed by atoms with Crippen LogP contribution in [0.5, 0.6) is 0 Å². The first kappa shape index (κ1) is 14.2. The predicted octanol–water partition coefficient (Wildman–Crippen LogP) is 1.60. The summed E-state index contributed by atoms with van der Waals surface area (Å²) in [6.07, 6.45) is 1.25. The number of anilines is 1. The van der Waals surface area contributed by atoms with Gasteiger partial charge < -0.3 is 10.4 Å². The molecule has 0 spiro atoms. The molecule has 0 aliphatic rings. The van der Waals surface area contributed by atoms with Gasteiger partial charge in [0.1, 0.15) is 11.9 Å². The van der Waals surface area contributed by atoms with Crippen LogP contribution in [0.15, 0.2) is 12.1 Å². The van der Waals surface area contributed by atoms with E-state index in [1.165, 1.54) is 0 Å². The van der Waals surface area contributed by atoms with Gasteiger partial charge in [0.2, 0.25) is 0 Å². The van der Waals surface area contributed by atoms with Crippen molar-refractivity contribution < 1.29 is 9.90 Å². The summed E-state index contributed by atoms with van der Waals surface area (Å²) in [6, 6.07) is 2.84. The standard InChI is InChI=1S/C13H19N5O2/c1-4-11-15-16-12-6-5-10(17-18(11)12)14-9(13(19)20)7-8(2)3/h5-6,8-9H,4,7H2,1-3H3,(H,14,17)(H,19,20). The summed E-state index contributed by atoms with van der Waals surface area (Å²) in [5, 5.41) is 24.6. The molecule has 0 amide bonds. The van der Waals surface area contributed by atoms with Gasteiger partial charge in [0.05, 0.1) is 0 Å². The zero-order valence-corrected chi connectivity index (χ0v) is 11.9. The molecule has 1 unspecified atom stereocenters. The number of aryl methyl sites for hydroxylation is 1. The third kappa shape index (κ3) is 3.04. The first-order valence-electron chi connectivity index (χ1n) is 6.72. The summed E-state index contributed by atoms with van der Waals surface area (Å²) >= 11 is 0. The lowest BCUT2D eigenvalue weighted by Crippen LogP contribution is -2.31. The Labute approximate surface area is 117 Å². The Balaban J connectivity index is 2.25. The quantitative estimate of drug-likeness (QED) is 0.833. The molecule has 2 aromatic heterocycles. The summed E-state index contributed by atoms with van der Waals surface area (Å²) in [5.41, 5.74) is 0.656. The van der Waals surface area contributed by atoms with E-state index in [0.717, 1.165) is 5.82 Å². The van der Waals surface area contributed by atoms with Crippen LogP contribution in [-0.2, 0) is 11.2 Å². The molecule has 2 N–H and O–H groups in total. The number of carbonyl (C=O) groups is 1. The highest BCUT2D eigenvalue weighted by atomic mass is 16.4. The highest BCUT2D eigenvalue weighted by molar-refractivity contribution is 5.76. The van der Waals surface area contributed by atoms with Crippen LogP contribution < -0.4 is 5.32 Å². The van der Waals surface area contributed by atoms with Crippen molar-refractivity contribution in [1.82, 2.24) is 19.8 Å². The largest absolute Gasteiger partial charge is 0.480 e. The zero-order chi connectivity index (χ0) is 14.7. The van der Waals surface area contributed by atoms with Crippen molar-refractivity contribution in [3.05, 3.63) is 18.0 Å². The molecule has 20 heavy (non-hydrogen) atoms. The summed E-state index contributed by atoms with van der Waals surface area (Å²) in [7, 11) is 0. The number of fused-ring (bicyclic) bond motifs is 1. The number of carboxylic acid groups (broad SMARTS) is 1. The average Bonchev–Trinajstić information content (AvgIpc) is 2.79. The number of aromatic nitrogens is 4. The second-order valence-corrected chi connectivity index (χ2v) is 5.12. The second-order valence-electron chi connectivity index (χ2n) is 5.12. The zero-order valence-electron chi connectivity index (χ0n) is 11.9. The van der Waals surface area contributed by atoms with Crippen molar-refractivity contribution in [2.45, 2.75) is 39.7 Å². The lowest BCUT2D eigenvalue weighted by atomic mass is 10.0. The summed E-state index contributed by atoms with van der Waals surface area (Å²) in [4.78, 5) is 11.3. The van der Waals surface area contributed by atoms with Gasteiger partial charge in [-0.25, -0.2) is 4.79 Å². The number of hydrogen-bond acceptors (Lipinski definition) is 5. The van der Waals surface area contributed by atoms with Gasteiger partial charge in [0.25, 0.3) is 0 Å². The molecular weight excluding hydrogens is 258 g/mol. The second kappa shape index (κ2) is 5.85. The van der Waals surface area contributed by atoms with E-state index in [-0.39, 0.29) is 5.92 Å². The first-order chi connectivity index (χ1) is 9.51. The van der Waals surface area contributed by atoms with Crippen molar-refractivity contribution in [2.75, 3.05) is 5.32 Å². The molecule has 0 bridgehead atoms. The maximum atomic E-state index is 11.3. The van der Waals surface area contributed by atoms with Crippen LogP contribution in [0.2, 0.25) is 0 Å². The highest BCUT2D eigenvalue weighted by Crippen LogP contribution is 2.13. The molecule has 0 aliphatic heterocycles. The van der Waals surface area contributed by atoms with Gasteiger partial charge in [-0.2, -0.15) is 4.52 Å². The Kier molecular flexibility index (Phi) is 4.16. The molecule has 0 fully saturated rings. The van der Waals surface area contributed by atoms with Crippen molar-refractivity contribution in [3.63, 3.8) is 0 Å². The molecule has 108 valence electrons. The molecular formula is C13H19N5O2. The molecule has 7 heteroatoms. The maximum Gasteiger partial charge on any atom is 0.326 e. The van der Waals surface area contributed by atoms with E-state index in [4.69, 9.17) is 0 Å². The van der Waals surface area contributed by atoms with E-state index in [1.54, 1.807) is 16.6 Å². The molecule has 0 aliphatic carbocycles. The molecule has 2 heterocycles. The van der Waals surface area contributed by atoms with Crippen molar-refractivity contribution in [2.24, 2.45) is 5.92 Å². The van der Waals surface area contributed by atoms with Gasteiger partial charge in [-0.1, -0.05) is 20.8 Å². The Hall–Kier alpha value is -2.18. The van der Waals surface area contributed by atoms with Crippen LogP contribution >= 0.6 is 0 Å². The molecule has 2 rings (SSSR count). The summed E-state index contributed by atoms with van der Waals surface area (Å²) in [6.45, 7) is 5.95. The normalized spacial score (nSPS) is 12.8. The highest BCUT2D eigenvalue weighted by Gasteiger charge is 2.19. The predicted molar refractivity (Wildman–Crippen MR) is 74.7 cm³/mol. The number of rotatable bonds is 6. The van der Waals surface area contributed by atoms with E-state index in [2.05, 4.69) is 20.6 Å². The minimum atomic E-state index is -0.875. The molecule has 7 nitrogen and oxygen atoms in total.